The SMILES string of the molecule is O=C(O)C1CC2CC(CN3CC(n4nnc(-c5ccccc5Cl)n4)CC3C(=O)O)CCC2CN1. The van der Waals surface area contributed by atoms with Crippen LogP contribution >= 0.6 is 11.6 Å². The molecule has 0 amide bonds. The van der Waals surface area contributed by atoms with Gasteiger partial charge in [-0.05, 0) is 73.7 Å². The minimum Gasteiger partial charge on any atom is -0.480 e. The van der Waals surface area contributed by atoms with E-state index in [2.05, 4.69) is 20.7 Å². The molecule has 3 heterocycles. The molecule has 2 aliphatic heterocycles. The summed E-state index contributed by atoms with van der Waals surface area (Å²) in [5.41, 5.74) is 0.693. The fraction of sp³-hybridized carbons (Fsp3) is 0.609. The van der Waals surface area contributed by atoms with Gasteiger partial charge in [-0.15, -0.1) is 10.2 Å². The Kier molecular flexibility index (Phi) is 6.54. The normalized spacial score (nSPS) is 31.8. The average molecular weight is 489 g/mol. The molecule has 6 unspecified atom stereocenters. The summed E-state index contributed by atoms with van der Waals surface area (Å²) in [6.07, 6.45) is 4.09. The zero-order valence-corrected chi connectivity index (χ0v) is 19.5. The van der Waals surface area contributed by atoms with Gasteiger partial charge in [0.05, 0.1) is 11.1 Å². The molecule has 1 saturated carbocycles. The summed E-state index contributed by atoms with van der Waals surface area (Å²) in [6.45, 7) is 1.98. The van der Waals surface area contributed by atoms with Crippen LogP contribution in [0.1, 0.15) is 38.1 Å². The molecule has 2 saturated heterocycles. The standard InChI is InChI=1S/C23H29ClN6O4/c24-18-4-2-1-3-17(18)21-26-28-30(27-21)16-9-20(23(33)34)29(12-16)11-13-5-6-14-10-25-19(22(31)32)8-15(14)7-13/h1-4,13-16,19-20,25H,5-12H2,(H,31,32)(H,33,34). The lowest BCUT2D eigenvalue weighted by Crippen LogP contribution is -2.50. The van der Waals surface area contributed by atoms with Crippen LogP contribution in [0.2, 0.25) is 5.02 Å². The van der Waals surface area contributed by atoms with E-state index in [-0.39, 0.29) is 6.04 Å². The first-order valence-electron chi connectivity index (χ1n) is 11.9. The molecule has 3 aliphatic rings. The van der Waals surface area contributed by atoms with Crippen molar-refractivity contribution in [3.8, 4) is 11.4 Å². The van der Waals surface area contributed by atoms with Crippen LogP contribution < -0.4 is 5.32 Å². The van der Waals surface area contributed by atoms with Crippen LogP contribution in [0.3, 0.4) is 0 Å². The molecular weight excluding hydrogens is 460 g/mol. The zero-order chi connectivity index (χ0) is 23.8. The van der Waals surface area contributed by atoms with E-state index in [1.165, 1.54) is 4.80 Å². The monoisotopic (exact) mass is 488 g/mol. The molecule has 1 aromatic heterocycles. The molecule has 5 rings (SSSR count). The number of benzene rings is 1. The summed E-state index contributed by atoms with van der Waals surface area (Å²) < 4.78 is 0. The lowest BCUT2D eigenvalue weighted by atomic mass is 9.69. The van der Waals surface area contributed by atoms with E-state index < -0.39 is 24.0 Å². The van der Waals surface area contributed by atoms with Crippen molar-refractivity contribution >= 4 is 23.5 Å². The number of rotatable bonds is 6. The van der Waals surface area contributed by atoms with Gasteiger partial charge in [0.1, 0.15) is 12.1 Å². The number of piperidine rings is 1. The Bertz CT molecular complexity index is 1060. The molecule has 0 bridgehead atoms. The van der Waals surface area contributed by atoms with Crippen molar-refractivity contribution in [2.45, 2.75) is 50.2 Å². The molecule has 3 fully saturated rings. The number of hydrogen-bond acceptors (Lipinski definition) is 7. The lowest BCUT2D eigenvalue weighted by molar-refractivity contribution is -0.143. The van der Waals surface area contributed by atoms with Crippen LogP contribution in [-0.2, 0) is 9.59 Å². The van der Waals surface area contributed by atoms with Crippen LogP contribution in [0.4, 0.5) is 0 Å². The molecule has 3 N–H and O–H groups in total. The van der Waals surface area contributed by atoms with Crippen molar-refractivity contribution in [1.29, 1.82) is 0 Å². The summed E-state index contributed by atoms with van der Waals surface area (Å²) in [4.78, 5) is 27.0. The number of halogens is 1. The highest BCUT2D eigenvalue weighted by molar-refractivity contribution is 6.33. The fourth-order valence-corrected chi connectivity index (χ4v) is 6.20. The van der Waals surface area contributed by atoms with Crippen molar-refractivity contribution in [3.05, 3.63) is 29.3 Å². The van der Waals surface area contributed by atoms with Crippen LogP contribution in [-0.4, -0.2) is 79.0 Å². The predicted octanol–water partition coefficient (Wildman–Crippen LogP) is 2.17. The predicted molar refractivity (Wildman–Crippen MR) is 123 cm³/mol. The molecule has 1 aromatic carbocycles. The number of nitrogens with zero attached hydrogens (tertiary/aromatic N) is 5. The van der Waals surface area contributed by atoms with Gasteiger partial charge in [-0.3, -0.25) is 14.5 Å². The van der Waals surface area contributed by atoms with Gasteiger partial charge in [0, 0.05) is 18.7 Å². The van der Waals surface area contributed by atoms with Crippen molar-refractivity contribution in [2.75, 3.05) is 19.6 Å². The van der Waals surface area contributed by atoms with Crippen LogP contribution in [0.25, 0.3) is 11.4 Å². The van der Waals surface area contributed by atoms with Gasteiger partial charge in [-0.25, -0.2) is 0 Å². The first-order chi connectivity index (χ1) is 16.4. The van der Waals surface area contributed by atoms with Crippen molar-refractivity contribution in [3.63, 3.8) is 0 Å². The summed E-state index contributed by atoms with van der Waals surface area (Å²) in [7, 11) is 0. The number of hydrogen-bond donors (Lipinski definition) is 3. The summed E-state index contributed by atoms with van der Waals surface area (Å²) in [5, 5.41) is 35.8. The van der Waals surface area contributed by atoms with E-state index in [9.17, 15) is 19.8 Å². The topological polar surface area (TPSA) is 133 Å². The number of likely N-dealkylation sites (tertiary alicyclic amines) is 1. The molecule has 2 aromatic rings. The largest absolute Gasteiger partial charge is 0.480 e. The molecule has 10 nitrogen and oxygen atoms in total. The quantitative estimate of drug-likeness (QED) is 0.559. The molecule has 6 atom stereocenters. The van der Waals surface area contributed by atoms with Crippen molar-refractivity contribution < 1.29 is 19.8 Å². The number of fused-ring (bicyclic) bond motifs is 1. The first-order valence-corrected chi connectivity index (χ1v) is 12.2. The number of tetrazole rings is 1. The van der Waals surface area contributed by atoms with Crippen molar-refractivity contribution in [1.82, 2.24) is 30.4 Å². The van der Waals surface area contributed by atoms with E-state index in [1.807, 2.05) is 23.1 Å². The van der Waals surface area contributed by atoms with E-state index in [4.69, 9.17) is 11.6 Å². The minimum atomic E-state index is -0.838. The molecular formula is C23H29ClN6O4. The van der Waals surface area contributed by atoms with Gasteiger partial charge >= 0.3 is 11.9 Å². The summed E-state index contributed by atoms with van der Waals surface area (Å²) >= 11 is 6.26. The fourth-order valence-electron chi connectivity index (χ4n) is 5.98. The second kappa shape index (κ2) is 9.59. The highest BCUT2D eigenvalue weighted by atomic mass is 35.5. The van der Waals surface area contributed by atoms with Gasteiger partial charge in [0.25, 0.3) is 0 Å². The average Bonchev–Trinajstić information content (AvgIpc) is 3.46. The number of aliphatic carboxylic acids is 2. The van der Waals surface area contributed by atoms with Gasteiger partial charge < -0.3 is 15.5 Å². The lowest BCUT2D eigenvalue weighted by Gasteiger charge is -2.42. The second-order valence-corrected chi connectivity index (χ2v) is 10.3. The second-order valence-electron chi connectivity index (χ2n) is 9.84. The van der Waals surface area contributed by atoms with Gasteiger partial charge in [-0.2, -0.15) is 4.80 Å². The number of carboxylic acid groups (broad SMARTS) is 2. The third-order valence-corrected chi connectivity index (χ3v) is 8.07. The van der Waals surface area contributed by atoms with Gasteiger partial charge in [0.15, 0.2) is 0 Å². The summed E-state index contributed by atoms with van der Waals surface area (Å²) in [5.74, 6) is 0.0414. The smallest absolute Gasteiger partial charge is 0.321 e. The highest BCUT2D eigenvalue weighted by Crippen LogP contribution is 2.40. The number of carbonyl (C=O) groups is 2. The Morgan fingerprint density at radius 2 is 1.91 bits per heavy atom. The Morgan fingerprint density at radius 1 is 1.09 bits per heavy atom. The van der Waals surface area contributed by atoms with E-state index in [1.54, 1.807) is 6.07 Å². The van der Waals surface area contributed by atoms with Crippen LogP contribution in [0.5, 0.6) is 0 Å². The molecule has 182 valence electrons. The van der Waals surface area contributed by atoms with E-state index >= 15 is 0 Å². The van der Waals surface area contributed by atoms with Crippen LogP contribution in [0.15, 0.2) is 24.3 Å². The highest BCUT2D eigenvalue weighted by Gasteiger charge is 2.42. The van der Waals surface area contributed by atoms with Crippen LogP contribution in [0, 0.1) is 17.8 Å². The molecule has 0 spiro atoms. The maximum Gasteiger partial charge on any atom is 0.321 e. The maximum absolute atomic E-state index is 12.0. The van der Waals surface area contributed by atoms with Gasteiger partial charge in [0.2, 0.25) is 5.82 Å². The third-order valence-electron chi connectivity index (χ3n) is 7.74. The Hall–Kier alpha value is -2.56. The Morgan fingerprint density at radius 3 is 2.68 bits per heavy atom. The molecule has 1 aliphatic carbocycles. The molecule has 0 radical (unpaired) electrons. The molecule has 11 heteroatoms. The minimum absolute atomic E-state index is 0.184. The third kappa shape index (κ3) is 4.67. The number of nitrogens with one attached hydrogen (secondary N) is 1. The van der Waals surface area contributed by atoms with E-state index in [0.29, 0.717) is 60.1 Å². The maximum atomic E-state index is 12.0. The Balaban J connectivity index is 1.25. The number of carboxylic acids is 2. The van der Waals surface area contributed by atoms with Gasteiger partial charge in [-0.1, -0.05) is 23.7 Å². The van der Waals surface area contributed by atoms with Crippen molar-refractivity contribution in [2.24, 2.45) is 17.8 Å². The van der Waals surface area contributed by atoms with E-state index in [0.717, 1.165) is 25.8 Å². The zero-order valence-electron chi connectivity index (χ0n) is 18.8. The number of aromatic nitrogens is 4. The first kappa shape index (κ1) is 23.2. The molecule has 34 heavy (non-hydrogen) atoms. The Labute approximate surface area is 202 Å². The summed E-state index contributed by atoms with van der Waals surface area (Å²) in [6, 6.07) is 6.03.